The molecule has 2 aliphatic heterocycles. The molecule has 22 heavy (non-hydrogen) atoms. The lowest BCUT2D eigenvalue weighted by Crippen LogP contribution is -2.30. The molecule has 0 aromatic carbocycles. The zero-order valence-electron chi connectivity index (χ0n) is 13.0. The lowest BCUT2D eigenvalue weighted by Gasteiger charge is -2.23. The predicted molar refractivity (Wildman–Crippen MR) is 85.2 cm³/mol. The number of rotatable bonds is 3. The minimum atomic E-state index is 0.363. The third-order valence-corrected chi connectivity index (χ3v) is 4.82. The Morgan fingerprint density at radius 3 is 3.14 bits per heavy atom. The van der Waals surface area contributed by atoms with Gasteiger partial charge < -0.3 is 15.5 Å². The molecular weight excluding hydrogens is 278 g/mol. The van der Waals surface area contributed by atoms with Crippen molar-refractivity contribution in [2.24, 2.45) is 18.4 Å². The number of anilines is 3. The molecule has 2 aliphatic rings. The first-order valence-electron chi connectivity index (χ1n) is 7.67. The predicted octanol–water partition coefficient (Wildman–Crippen LogP) is 0.999. The van der Waals surface area contributed by atoms with Gasteiger partial charge in [0.1, 0.15) is 5.82 Å². The minimum Gasteiger partial charge on any atom is -0.355 e. The van der Waals surface area contributed by atoms with E-state index >= 15 is 0 Å². The number of aryl methyl sites for hydroxylation is 1. The summed E-state index contributed by atoms with van der Waals surface area (Å²) in [5, 5.41) is 10.8. The van der Waals surface area contributed by atoms with Crippen LogP contribution in [-0.4, -0.2) is 45.9 Å². The highest BCUT2D eigenvalue weighted by Crippen LogP contribution is 2.39. The lowest BCUT2D eigenvalue weighted by atomic mass is 9.83. The van der Waals surface area contributed by atoms with E-state index in [2.05, 4.69) is 37.5 Å². The third-order valence-electron chi connectivity index (χ3n) is 4.82. The Hall–Kier alpha value is -2.15. The van der Waals surface area contributed by atoms with Crippen molar-refractivity contribution in [1.82, 2.24) is 25.1 Å². The van der Waals surface area contributed by atoms with Crippen LogP contribution in [0.4, 0.5) is 17.5 Å². The van der Waals surface area contributed by atoms with Crippen LogP contribution in [-0.2, 0) is 7.05 Å². The Balaban J connectivity index is 1.52. The maximum Gasteiger partial charge on any atom is 0.229 e. The molecule has 2 unspecified atom stereocenters. The van der Waals surface area contributed by atoms with Gasteiger partial charge in [-0.1, -0.05) is 6.92 Å². The summed E-state index contributed by atoms with van der Waals surface area (Å²) in [7, 11) is 1.89. The van der Waals surface area contributed by atoms with E-state index in [-0.39, 0.29) is 0 Å². The molecule has 7 nitrogen and oxygen atoms in total. The fourth-order valence-corrected chi connectivity index (χ4v) is 3.53. The van der Waals surface area contributed by atoms with Crippen LogP contribution < -0.4 is 15.5 Å². The molecule has 0 bridgehead atoms. The van der Waals surface area contributed by atoms with Crippen LogP contribution in [0.25, 0.3) is 0 Å². The molecule has 2 aromatic rings. The van der Waals surface area contributed by atoms with Crippen LogP contribution in [0.3, 0.4) is 0 Å². The quantitative estimate of drug-likeness (QED) is 0.881. The monoisotopic (exact) mass is 299 g/mol. The van der Waals surface area contributed by atoms with Crippen molar-refractivity contribution in [3.63, 3.8) is 0 Å². The van der Waals surface area contributed by atoms with Crippen molar-refractivity contribution in [2.45, 2.75) is 6.92 Å². The summed E-state index contributed by atoms with van der Waals surface area (Å²) in [4.78, 5) is 11.3. The van der Waals surface area contributed by atoms with E-state index in [0.29, 0.717) is 17.3 Å². The summed E-state index contributed by atoms with van der Waals surface area (Å²) < 4.78 is 1.75. The van der Waals surface area contributed by atoms with Gasteiger partial charge in [0.05, 0.1) is 11.9 Å². The van der Waals surface area contributed by atoms with Crippen LogP contribution in [0, 0.1) is 11.3 Å². The van der Waals surface area contributed by atoms with Crippen molar-refractivity contribution in [1.29, 1.82) is 0 Å². The van der Waals surface area contributed by atoms with Gasteiger partial charge in [0.2, 0.25) is 5.95 Å². The van der Waals surface area contributed by atoms with Gasteiger partial charge in [0, 0.05) is 51.0 Å². The second kappa shape index (κ2) is 4.95. The van der Waals surface area contributed by atoms with E-state index in [0.717, 1.165) is 37.7 Å². The number of fused-ring (bicyclic) bond motifs is 1. The summed E-state index contributed by atoms with van der Waals surface area (Å²) in [5.41, 5.74) is 1.26. The smallest absolute Gasteiger partial charge is 0.229 e. The van der Waals surface area contributed by atoms with Crippen molar-refractivity contribution in [2.75, 3.05) is 36.4 Å². The largest absolute Gasteiger partial charge is 0.355 e. The molecule has 0 spiro atoms. The Labute approximate surface area is 129 Å². The van der Waals surface area contributed by atoms with Gasteiger partial charge in [0.15, 0.2) is 0 Å². The number of hydrogen-bond acceptors (Lipinski definition) is 6. The number of hydrogen-bond donors (Lipinski definition) is 2. The zero-order chi connectivity index (χ0) is 15.2. The van der Waals surface area contributed by atoms with E-state index < -0.39 is 0 Å². The van der Waals surface area contributed by atoms with Crippen molar-refractivity contribution in [3.8, 4) is 0 Å². The van der Waals surface area contributed by atoms with Crippen molar-refractivity contribution in [3.05, 3.63) is 24.7 Å². The molecule has 0 saturated carbocycles. The fourth-order valence-electron chi connectivity index (χ4n) is 3.53. The fraction of sp³-hybridized carbons (Fsp3) is 0.533. The van der Waals surface area contributed by atoms with Crippen LogP contribution in [0.15, 0.2) is 24.7 Å². The Morgan fingerprint density at radius 1 is 1.45 bits per heavy atom. The van der Waals surface area contributed by atoms with Crippen LogP contribution >= 0.6 is 0 Å². The number of nitrogens with one attached hydrogen (secondary N) is 2. The van der Waals surface area contributed by atoms with Gasteiger partial charge in [0.25, 0.3) is 0 Å². The average Bonchev–Trinajstić information content (AvgIpc) is 3.13. The third kappa shape index (κ3) is 2.31. The molecule has 4 heterocycles. The van der Waals surface area contributed by atoms with Gasteiger partial charge in [-0.25, -0.2) is 4.98 Å². The Kier molecular flexibility index (Phi) is 3.04. The molecule has 116 valence electrons. The molecule has 2 saturated heterocycles. The molecular formula is C15H21N7. The second-order valence-electron chi connectivity index (χ2n) is 6.63. The Bertz CT molecular complexity index is 682. The van der Waals surface area contributed by atoms with Gasteiger partial charge in [-0.15, -0.1) is 0 Å². The van der Waals surface area contributed by atoms with E-state index in [1.54, 1.807) is 10.9 Å². The molecule has 2 fully saturated rings. The molecule has 2 N–H and O–H groups in total. The summed E-state index contributed by atoms with van der Waals surface area (Å²) >= 11 is 0. The van der Waals surface area contributed by atoms with Crippen LogP contribution in [0.5, 0.6) is 0 Å². The highest BCUT2D eigenvalue weighted by molar-refractivity contribution is 5.53. The first kappa shape index (κ1) is 13.5. The first-order chi connectivity index (χ1) is 10.6. The molecule has 2 aromatic heterocycles. The molecule has 0 aliphatic carbocycles. The highest BCUT2D eigenvalue weighted by atomic mass is 15.3. The summed E-state index contributed by atoms with van der Waals surface area (Å²) in [6.07, 6.45) is 5.49. The normalized spacial score (nSPS) is 27.2. The number of nitrogens with zero attached hydrogens (tertiary/aromatic N) is 5. The van der Waals surface area contributed by atoms with Gasteiger partial charge in [-0.3, -0.25) is 4.68 Å². The summed E-state index contributed by atoms with van der Waals surface area (Å²) in [6, 6.07) is 1.99. The van der Waals surface area contributed by atoms with E-state index in [1.165, 1.54) is 0 Å². The molecule has 0 amide bonds. The molecule has 7 heteroatoms. The van der Waals surface area contributed by atoms with Crippen molar-refractivity contribution >= 4 is 17.5 Å². The van der Waals surface area contributed by atoms with E-state index in [1.807, 2.05) is 25.5 Å². The molecule has 2 atom stereocenters. The maximum atomic E-state index is 4.66. The topological polar surface area (TPSA) is 70.9 Å². The van der Waals surface area contributed by atoms with Gasteiger partial charge in [-0.2, -0.15) is 10.1 Å². The molecule has 4 rings (SSSR count). The standard InChI is InChI=1S/C15H21N7/c1-15-9-16-5-11(15)7-22(10-15)13-3-4-17-14(20-13)19-12-6-18-21(2)8-12/h3-4,6,8,11,16H,5,7,9-10H2,1-2H3,(H,17,19,20). The van der Waals surface area contributed by atoms with Crippen LogP contribution in [0.1, 0.15) is 6.92 Å². The van der Waals surface area contributed by atoms with E-state index in [4.69, 9.17) is 0 Å². The van der Waals surface area contributed by atoms with E-state index in [9.17, 15) is 0 Å². The number of aromatic nitrogens is 4. The lowest BCUT2D eigenvalue weighted by molar-refractivity contribution is 0.338. The van der Waals surface area contributed by atoms with Crippen molar-refractivity contribution < 1.29 is 0 Å². The summed E-state index contributed by atoms with van der Waals surface area (Å²) in [6.45, 7) is 6.69. The second-order valence-corrected chi connectivity index (χ2v) is 6.63. The summed E-state index contributed by atoms with van der Waals surface area (Å²) in [5.74, 6) is 2.32. The Morgan fingerprint density at radius 2 is 2.36 bits per heavy atom. The van der Waals surface area contributed by atoms with Gasteiger partial charge in [-0.05, 0) is 12.0 Å². The molecule has 0 radical (unpaired) electrons. The maximum absolute atomic E-state index is 4.66. The van der Waals surface area contributed by atoms with Crippen LogP contribution in [0.2, 0.25) is 0 Å². The average molecular weight is 299 g/mol. The zero-order valence-corrected chi connectivity index (χ0v) is 13.0. The SMILES string of the molecule is Cn1cc(Nc2nccc(N3CC4CNCC4(C)C3)n2)cn1. The van der Waals surface area contributed by atoms with Gasteiger partial charge >= 0.3 is 0 Å². The minimum absolute atomic E-state index is 0.363. The first-order valence-corrected chi connectivity index (χ1v) is 7.67. The highest BCUT2D eigenvalue weighted by Gasteiger charge is 2.46.